The van der Waals surface area contributed by atoms with Crippen molar-refractivity contribution in [2.24, 2.45) is 7.05 Å². The molecule has 2 atom stereocenters. The van der Waals surface area contributed by atoms with E-state index in [1.54, 1.807) is 49.8 Å². The van der Waals surface area contributed by atoms with Crippen molar-refractivity contribution in [3.8, 4) is 5.69 Å². The lowest BCUT2D eigenvalue weighted by Crippen LogP contribution is -2.31. The average Bonchev–Trinajstić information content (AvgIpc) is 3.44. The SMILES string of the molecule is Cc1nn([C@@H]2CCS(=O)(=O)C2)c(Cl)c1/C=C/C(=O)O[C@@H](C)C(=O)Nc1c(C)n(C)n(-c2ccccc2)c1=O. The lowest BCUT2D eigenvalue weighted by Gasteiger charge is -2.11. The third-order valence-electron chi connectivity index (χ3n) is 6.48. The average molecular weight is 562 g/mol. The van der Waals surface area contributed by atoms with E-state index in [0.29, 0.717) is 29.1 Å². The van der Waals surface area contributed by atoms with Gasteiger partial charge in [0.25, 0.3) is 11.5 Å². The van der Waals surface area contributed by atoms with E-state index < -0.39 is 33.4 Å². The first-order valence-electron chi connectivity index (χ1n) is 11.9. The molecule has 13 heteroatoms. The van der Waals surface area contributed by atoms with Crippen molar-refractivity contribution in [1.29, 1.82) is 0 Å². The molecule has 1 fully saturated rings. The Bertz CT molecular complexity index is 1590. The van der Waals surface area contributed by atoms with E-state index in [1.165, 1.54) is 22.4 Å². The summed E-state index contributed by atoms with van der Waals surface area (Å²) < 4.78 is 33.4. The predicted octanol–water partition coefficient (Wildman–Crippen LogP) is 2.59. The van der Waals surface area contributed by atoms with Crippen LogP contribution >= 0.6 is 11.6 Å². The normalized spacial score (nSPS) is 17.6. The fraction of sp³-hybridized carbons (Fsp3) is 0.360. The van der Waals surface area contributed by atoms with E-state index in [4.69, 9.17) is 16.3 Å². The van der Waals surface area contributed by atoms with Crippen LogP contribution in [0.2, 0.25) is 5.15 Å². The maximum absolute atomic E-state index is 13.0. The van der Waals surface area contributed by atoms with Gasteiger partial charge in [0, 0.05) is 18.7 Å². The molecule has 0 unspecified atom stereocenters. The Morgan fingerprint density at radius 2 is 1.92 bits per heavy atom. The molecule has 1 aliphatic rings. The Morgan fingerprint density at radius 1 is 1.24 bits per heavy atom. The molecule has 1 aliphatic heterocycles. The Balaban J connectivity index is 1.43. The number of nitrogens with one attached hydrogen (secondary N) is 1. The molecule has 0 aliphatic carbocycles. The minimum Gasteiger partial charge on any atom is -0.449 e. The number of benzene rings is 1. The number of amides is 1. The van der Waals surface area contributed by atoms with Crippen LogP contribution in [0.15, 0.2) is 41.2 Å². The second-order valence-electron chi connectivity index (χ2n) is 9.13. The van der Waals surface area contributed by atoms with Gasteiger partial charge in [-0.05, 0) is 45.4 Å². The number of carbonyl (C=O) groups excluding carboxylic acids is 2. The van der Waals surface area contributed by atoms with Crippen LogP contribution < -0.4 is 10.9 Å². The number of esters is 1. The quantitative estimate of drug-likeness (QED) is 0.346. The van der Waals surface area contributed by atoms with E-state index >= 15 is 0 Å². The first kappa shape index (κ1) is 27.4. The zero-order chi connectivity index (χ0) is 27.8. The summed E-state index contributed by atoms with van der Waals surface area (Å²) in [5.74, 6) is -1.43. The molecule has 3 aromatic rings. The van der Waals surface area contributed by atoms with Crippen LogP contribution in [0.4, 0.5) is 5.69 Å². The number of hydrogen-bond acceptors (Lipinski definition) is 7. The van der Waals surface area contributed by atoms with Crippen LogP contribution in [0.1, 0.15) is 36.3 Å². The summed E-state index contributed by atoms with van der Waals surface area (Å²) in [6, 6.07) is 8.62. The van der Waals surface area contributed by atoms with Gasteiger partial charge in [-0.2, -0.15) is 5.10 Å². The summed E-state index contributed by atoms with van der Waals surface area (Å²) in [5.41, 5.74) is 1.81. The highest BCUT2D eigenvalue weighted by molar-refractivity contribution is 7.91. The molecule has 1 aromatic carbocycles. The van der Waals surface area contributed by atoms with Gasteiger partial charge in [0.05, 0.1) is 34.6 Å². The summed E-state index contributed by atoms with van der Waals surface area (Å²) in [4.78, 5) is 38.2. The number of carbonyl (C=O) groups is 2. The molecule has 0 spiro atoms. The molecular formula is C25H28ClN5O6S. The van der Waals surface area contributed by atoms with Crippen LogP contribution in [0.25, 0.3) is 11.8 Å². The van der Waals surface area contributed by atoms with E-state index in [1.807, 2.05) is 6.07 Å². The van der Waals surface area contributed by atoms with Crippen molar-refractivity contribution in [3.05, 3.63) is 68.9 Å². The van der Waals surface area contributed by atoms with E-state index in [2.05, 4.69) is 10.4 Å². The molecule has 1 amide bonds. The van der Waals surface area contributed by atoms with Gasteiger partial charge < -0.3 is 10.1 Å². The van der Waals surface area contributed by atoms with Crippen molar-refractivity contribution in [1.82, 2.24) is 19.1 Å². The fourth-order valence-electron chi connectivity index (χ4n) is 4.29. The first-order valence-corrected chi connectivity index (χ1v) is 14.1. The van der Waals surface area contributed by atoms with Crippen LogP contribution in [0, 0.1) is 13.8 Å². The van der Waals surface area contributed by atoms with Gasteiger partial charge in [0.15, 0.2) is 15.9 Å². The number of para-hydroxylation sites is 1. The van der Waals surface area contributed by atoms with Gasteiger partial charge in [0.2, 0.25) is 0 Å². The van der Waals surface area contributed by atoms with Crippen LogP contribution in [-0.2, 0) is 31.2 Å². The number of aryl methyl sites for hydroxylation is 1. The molecule has 1 saturated heterocycles. The highest BCUT2D eigenvalue weighted by Crippen LogP contribution is 2.30. The monoisotopic (exact) mass is 561 g/mol. The second kappa shape index (κ2) is 10.6. The Hall–Kier alpha value is -3.64. The van der Waals surface area contributed by atoms with Crippen LogP contribution in [-0.4, -0.2) is 57.0 Å². The number of anilines is 1. The maximum Gasteiger partial charge on any atom is 0.331 e. The minimum absolute atomic E-state index is 0.0387. The molecule has 0 bridgehead atoms. The van der Waals surface area contributed by atoms with E-state index in [-0.39, 0.29) is 28.4 Å². The molecule has 202 valence electrons. The highest BCUT2D eigenvalue weighted by Gasteiger charge is 2.32. The number of sulfone groups is 1. The van der Waals surface area contributed by atoms with Crippen molar-refractivity contribution in [2.75, 3.05) is 16.8 Å². The van der Waals surface area contributed by atoms with Gasteiger partial charge in [-0.25, -0.2) is 22.6 Å². The van der Waals surface area contributed by atoms with Crippen molar-refractivity contribution in [2.45, 2.75) is 39.3 Å². The van der Waals surface area contributed by atoms with E-state index in [0.717, 1.165) is 6.08 Å². The van der Waals surface area contributed by atoms with Gasteiger partial charge >= 0.3 is 5.97 Å². The Labute approximate surface area is 224 Å². The van der Waals surface area contributed by atoms with E-state index in [9.17, 15) is 22.8 Å². The highest BCUT2D eigenvalue weighted by atomic mass is 35.5. The molecule has 38 heavy (non-hydrogen) atoms. The predicted molar refractivity (Wildman–Crippen MR) is 143 cm³/mol. The third kappa shape index (κ3) is 5.46. The largest absolute Gasteiger partial charge is 0.449 e. The first-order chi connectivity index (χ1) is 17.9. The summed E-state index contributed by atoms with van der Waals surface area (Å²) >= 11 is 6.43. The summed E-state index contributed by atoms with van der Waals surface area (Å²) in [7, 11) is -1.42. The number of aromatic nitrogens is 4. The Kier molecular flexibility index (Phi) is 7.65. The zero-order valence-electron chi connectivity index (χ0n) is 21.3. The lowest BCUT2D eigenvalue weighted by atomic mass is 10.2. The van der Waals surface area contributed by atoms with Gasteiger partial charge in [0.1, 0.15) is 10.8 Å². The number of halogens is 1. The van der Waals surface area contributed by atoms with Gasteiger partial charge in [-0.15, -0.1) is 0 Å². The Morgan fingerprint density at radius 3 is 2.55 bits per heavy atom. The molecule has 3 heterocycles. The number of hydrogen-bond donors (Lipinski definition) is 1. The molecule has 0 saturated carbocycles. The molecule has 4 rings (SSSR count). The van der Waals surface area contributed by atoms with Gasteiger partial charge in [-0.3, -0.25) is 14.3 Å². The van der Waals surface area contributed by atoms with Crippen LogP contribution in [0.5, 0.6) is 0 Å². The molecule has 1 N–H and O–H groups in total. The second-order valence-corrected chi connectivity index (χ2v) is 11.7. The molecule has 2 aromatic heterocycles. The molecule has 11 nitrogen and oxygen atoms in total. The van der Waals surface area contributed by atoms with Crippen LogP contribution in [0.3, 0.4) is 0 Å². The maximum atomic E-state index is 13.0. The number of nitrogens with zero attached hydrogens (tertiary/aromatic N) is 4. The molecular weight excluding hydrogens is 534 g/mol. The van der Waals surface area contributed by atoms with Crippen molar-refractivity contribution in [3.63, 3.8) is 0 Å². The number of rotatable bonds is 7. The lowest BCUT2D eigenvalue weighted by molar-refractivity contribution is -0.148. The molecule has 0 radical (unpaired) electrons. The summed E-state index contributed by atoms with van der Waals surface area (Å²) in [6.45, 7) is 4.78. The topological polar surface area (TPSA) is 134 Å². The standard InChI is InChI=1S/C25H28ClN5O6S/c1-15-20(23(26)30(28-15)19-12-13-38(35,36)14-19)10-11-21(32)37-17(3)24(33)27-22-16(2)29(4)31(25(22)34)18-8-6-5-7-9-18/h5-11,17,19H,12-14H2,1-4H3,(H,27,33)/b11-10+/t17-,19+/m0/s1. The van der Waals surface area contributed by atoms with Crippen molar-refractivity contribution < 1.29 is 22.7 Å². The smallest absolute Gasteiger partial charge is 0.331 e. The zero-order valence-corrected chi connectivity index (χ0v) is 22.9. The fourth-order valence-corrected chi connectivity index (χ4v) is 6.35. The number of ether oxygens (including phenoxy) is 1. The summed E-state index contributed by atoms with van der Waals surface area (Å²) in [6.07, 6.45) is 1.75. The van der Waals surface area contributed by atoms with Crippen molar-refractivity contribution >= 4 is 45.1 Å². The van der Waals surface area contributed by atoms with Gasteiger partial charge in [-0.1, -0.05) is 29.8 Å². The third-order valence-corrected chi connectivity index (χ3v) is 8.60. The minimum atomic E-state index is -3.13. The summed E-state index contributed by atoms with van der Waals surface area (Å²) in [5, 5.41) is 7.12.